The van der Waals surface area contributed by atoms with E-state index < -0.39 is 15.4 Å². The number of halogens is 1. The molecule has 1 unspecified atom stereocenters. The van der Waals surface area contributed by atoms with Gasteiger partial charge in [0.05, 0.1) is 11.5 Å². The predicted molar refractivity (Wildman–Crippen MR) is 112 cm³/mol. The Morgan fingerprint density at radius 2 is 1.93 bits per heavy atom. The lowest BCUT2D eigenvalue weighted by Gasteiger charge is -2.27. The topological polar surface area (TPSA) is 77.9 Å². The minimum absolute atomic E-state index is 0.0633. The second-order valence-electron chi connectivity index (χ2n) is 7.90. The van der Waals surface area contributed by atoms with Crippen LogP contribution in [0.5, 0.6) is 0 Å². The highest BCUT2D eigenvalue weighted by Gasteiger charge is 2.42. The monoisotopic (exact) mass is 434 g/mol. The molecule has 1 saturated heterocycles. The maximum absolute atomic E-state index is 13.2. The minimum atomic E-state index is -3.82. The summed E-state index contributed by atoms with van der Waals surface area (Å²) in [6, 6.07) is 12.1. The van der Waals surface area contributed by atoms with Gasteiger partial charge in [0.25, 0.3) is 5.91 Å². The third-order valence-electron chi connectivity index (χ3n) is 5.77. The maximum Gasteiger partial charge on any atom is 0.253 e. The third-order valence-corrected chi connectivity index (χ3v) is 7.61. The first-order valence-electron chi connectivity index (χ1n) is 9.92. The van der Waals surface area contributed by atoms with E-state index in [1.165, 1.54) is 33.5 Å². The zero-order chi connectivity index (χ0) is 21.9. The number of carbonyl (C=O) groups is 1. The Hall–Kier alpha value is -2.29. The minimum Gasteiger partial charge on any atom is -0.396 e. The highest BCUT2D eigenvalue weighted by Crippen LogP contribution is 2.36. The molecule has 1 heterocycles. The first kappa shape index (κ1) is 22.4. The van der Waals surface area contributed by atoms with E-state index >= 15 is 0 Å². The van der Waals surface area contributed by atoms with Crippen molar-refractivity contribution in [2.75, 3.05) is 33.3 Å². The number of hydrogen-bond donors (Lipinski definition) is 1. The fourth-order valence-electron chi connectivity index (χ4n) is 3.77. The summed E-state index contributed by atoms with van der Waals surface area (Å²) in [6.45, 7) is 2.63. The van der Waals surface area contributed by atoms with Gasteiger partial charge in [-0.05, 0) is 55.7 Å². The molecular formula is C22H27FN2O4S. The quantitative estimate of drug-likeness (QED) is 0.727. The van der Waals surface area contributed by atoms with Crippen LogP contribution in [0.15, 0.2) is 53.4 Å². The number of sulfonamides is 1. The van der Waals surface area contributed by atoms with Gasteiger partial charge < -0.3 is 10.0 Å². The molecule has 1 N–H and O–H groups in total. The Morgan fingerprint density at radius 3 is 2.57 bits per heavy atom. The Morgan fingerprint density at radius 1 is 1.23 bits per heavy atom. The number of carbonyl (C=O) groups excluding carboxylic acids is 1. The zero-order valence-electron chi connectivity index (χ0n) is 17.2. The third kappa shape index (κ3) is 4.55. The summed E-state index contributed by atoms with van der Waals surface area (Å²) in [7, 11) is -2.15. The lowest BCUT2D eigenvalue weighted by molar-refractivity contribution is 0.0802. The van der Waals surface area contributed by atoms with Crippen molar-refractivity contribution < 1.29 is 22.7 Å². The largest absolute Gasteiger partial charge is 0.396 e. The van der Waals surface area contributed by atoms with Gasteiger partial charge in [0.2, 0.25) is 10.0 Å². The van der Waals surface area contributed by atoms with Crippen molar-refractivity contribution in [2.45, 2.75) is 24.7 Å². The molecule has 0 aromatic heterocycles. The first-order chi connectivity index (χ1) is 14.2. The molecule has 162 valence electrons. The summed E-state index contributed by atoms with van der Waals surface area (Å²) in [4.78, 5) is 14.0. The van der Waals surface area contributed by atoms with E-state index in [1.807, 2.05) is 6.92 Å². The van der Waals surface area contributed by atoms with Crippen molar-refractivity contribution in [1.82, 2.24) is 9.21 Å². The molecule has 1 amide bonds. The van der Waals surface area contributed by atoms with E-state index in [9.17, 15) is 22.7 Å². The van der Waals surface area contributed by atoms with Gasteiger partial charge in [-0.2, -0.15) is 4.31 Å². The summed E-state index contributed by atoms with van der Waals surface area (Å²) in [6.07, 6.45) is 0.951. The number of benzene rings is 2. The number of amides is 1. The number of rotatable bonds is 7. The fourth-order valence-corrected chi connectivity index (χ4v) is 5.37. The molecule has 1 aliphatic heterocycles. The Bertz CT molecular complexity index is 1010. The van der Waals surface area contributed by atoms with Gasteiger partial charge in [-0.15, -0.1) is 0 Å². The number of nitrogens with zero attached hydrogens (tertiary/aromatic N) is 2. The van der Waals surface area contributed by atoms with Crippen LogP contribution in [0.25, 0.3) is 0 Å². The highest BCUT2D eigenvalue weighted by molar-refractivity contribution is 7.89. The van der Waals surface area contributed by atoms with Gasteiger partial charge in [0.1, 0.15) is 5.82 Å². The van der Waals surface area contributed by atoms with Crippen LogP contribution in [0.1, 0.15) is 29.3 Å². The average molecular weight is 435 g/mol. The number of hydrogen-bond acceptors (Lipinski definition) is 4. The smallest absolute Gasteiger partial charge is 0.253 e. The van der Waals surface area contributed by atoms with Gasteiger partial charge in [-0.25, -0.2) is 12.8 Å². The molecule has 3 rings (SSSR count). The van der Waals surface area contributed by atoms with Gasteiger partial charge in [0.15, 0.2) is 0 Å². The van der Waals surface area contributed by atoms with Crippen LogP contribution >= 0.6 is 0 Å². The molecule has 0 radical (unpaired) electrons. The Labute approximate surface area is 177 Å². The molecule has 8 heteroatoms. The highest BCUT2D eigenvalue weighted by atomic mass is 32.2. The van der Waals surface area contributed by atoms with Crippen LogP contribution in [-0.4, -0.2) is 61.9 Å². The van der Waals surface area contributed by atoms with Crippen molar-refractivity contribution in [3.8, 4) is 0 Å². The molecule has 1 aliphatic rings. The molecule has 0 spiro atoms. The van der Waals surface area contributed by atoms with Crippen LogP contribution in [0, 0.1) is 11.2 Å². The summed E-state index contributed by atoms with van der Waals surface area (Å²) < 4.78 is 41.0. The number of aliphatic hydroxyl groups excluding tert-OH is 1. The second kappa shape index (κ2) is 8.83. The Balaban J connectivity index is 1.82. The summed E-state index contributed by atoms with van der Waals surface area (Å²) >= 11 is 0. The number of aliphatic hydroxyl groups is 1. The summed E-state index contributed by atoms with van der Waals surface area (Å²) in [5, 5.41) is 10.0. The molecule has 1 atom stereocenters. The van der Waals surface area contributed by atoms with Crippen molar-refractivity contribution in [2.24, 2.45) is 5.41 Å². The zero-order valence-corrected chi connectivity index (χ0v) is 18.0. The van der Waals surface area contributed by atoms with E-state index in [0.29, 0.717) is 24.9 Å². The predicted octanol–water partition coefficient (Wildman–Crippen LogP) is 2.53. The lowest BCUT2D eigenvalue weighted by atomic mass is 9.82. The van der Waals surface area contributed by atoms with E-state index in [2.05, 4.69) is 0 Å². The van der Waals surface area contributed by atoms with Gasteiger partial charge in [0, 0.05) is 37.7 Å². The second-order valence-corrected chi connectivity index (χ2v) is 9.84. The molecule has 6 nitrogen and oxygen atoms in total. The van der Waals surface area contributed by atoms with E-state index in [4.69, 9.17) is 0 Å². The summed E-state index contributed by atoms with van der Waals surface area (Å²) in [5.74, 6) is -0.576. The van der Waals surface area contributed by atoms with Gasteiger partial charge in [-0.3, -0.25) is 4.79 Å². The van der Waals surface area contributed by atoms with Crippen molar-refractivity contribution in [3.63, 3.8) is 0 Å². The van der Waals surface area contributed by atoms with Crippen molar-refractivity contribution in [3.05, 3.63) is 65.5 Å². The molecule has 0 saturated carbocycles. The van der Waals surface area contributed by atoms with Crippen LogP contribution in [0.3, 0.4) is 0 Å². The lowest BCUT2D eigenvalue weighted by Crippen LogP contribution is -2.35. The molecule has 2 aromatic rings. The van der Waals surface area contributed by atoms with E-state index in [-0.39, 0.29) is 36.3 Å². The Kier molecular flexibility index (Phi) is 6.59. The van der Waals surface area contributed by atoms with Crippen molar-refractivity contribution in [1.29, 1.82) is 0 Å². The van der Waals surface area contributed by atoms with Gasteiger partial charge >= 0.3 is 0 Å². The van der Waals surface area contributed by atoms with Crippen LogP contribution in [0.4, 0.5) is 4.39 Å². The molecule has 30 heavy (non-hydrogen) atoms. The van der Waals surface area contributed by atoms with Crippen LogP contribution in [0.2, 0.25) is 0 Å². The summed E-state index contributed by atoms with van der Waals surface area (Å²) in [5.41, 5.74) is 0.542. The fraction of sp³-hybridized carbons (Fsp3) is 0.409. The standard InChI is InChI=1S/C22H27FN2O4S/c1-3-24(2)21(27)18-5-4-6-20(13-18)30(28,29)25-12-11-22(15-25,16-26)14-17-7-9-19(23)10-8-17/h4-10,13,26H,3,11-12,14-16H2,1-2H3. The first-order valence-corrected chi connectivity index (χ1v) is 11.4. The van der Waals surface area contributed by atoms with Crippen molar-refractivity contribution >= 4 is 15.9 Å². The van der Waals surface area contributed by atoms with Crippen LogP contribution in [-0.2, 0) is 16.4 Å². The molecular weight excluding hydrogens is 407 g/mol. The van der Waals surface area contributed by atoms with E-state index in [1.54, 1.807) is 31.3 Å². The normalized spacial score (nSPS) is 19.7. The molecule has 1 fully saturated rings. The van der Waals surface area contributed by atoms with E-state index in [0.717, 1.165) is 5.56 Å². The molecule has 0 aliphatic carbocycles. The van der Waals surface area contributed by atoms with Gasteiger partial charge in [-0.1, -0.05) is 18.2 Å². The SMILES string of the molecule is CCN(C)C(=O)c1cccc(S(=O)(=O)N2CCC(CO)(Cc3ccc(F)cc3)C2)c1. The average Bonchev–Trinajstić information content (AvgIpc) is 3.20. The molecule has 2 aromatic carbocycles. The maximum atomic E-state index is 13.2. The van der Waals surface area contributed by atoms with Crippen LogP contribution < -0.4 is 0 Å². The molecule has 0 bridgehead atoms.